The number of aromatic nitrogens is 2. The summed E-state index contributed by atoms with van der Waals surface area (Å²) >= 11 is 0. The second kappa shape index (κ2) is 11.7. The van der Waals surface area contributed by atoms with E-state index in [-0.39, 0.29) is 24.2 Å². The van der Waals surface area contributed by atoms with E-state index in [0.717, 1.165) is 23.9 Å². The summed E-state index contributed by atoms with van der Waals surface area (Å²) < 4.78 is 26.1. The molecule has 1 aromatic heterocycles. The summed E-state index contributed by atoms with van der Waals surface area (Å²) in [6.07, 6.45) is 1.77. The van der Waals surface area contributed by atoms with Gasteiger partial charge in [0.15, 0.2) is 11.6 Å². The summed E-state index contributed by atoms with van der Waals surface area (Å²) in [7, 11) is 3.42. The van der Waals surface area contributed by atoms with Gasteiger partial charge in [-0.2, -0.15) is 4.98 Å². The third-order valence-electron chi connectivity index (χ3n) is 7.48. The summed E-state index contributed by atoms with van der Waals surface area (Å²) in [5.41, 5.74) is 3.00. The van der Waals surface area contributed by atoms with Crippen LogP contribution in [0.25, 0.3) is 0 Å². The molecule has 4 N–H and O–H groups in total. The van der Waals surface area contributed by atoms with Crippen molar-refractivity contribution in [1.82, 2.24) is 20.2 Å². The first-order valence-corrected chi connectivity index (χ1v) is 13.9. The van der Waals surface area contributed by atoms with Gasteiger partial charge in [0.05, 0.1) is 31.2 Å². The Morgan fingerprint density at radius 1 is 1.02 bits per heavy atom. The predicted octanol–water partition coefficient (Wildman–Crippen LogP) is 2.54. The standard InChI is InChI=1S/C29H31FN8O5/c1-37-9-4-3-8-31-27(40)25-28(41)34-19-12-17(5-6-22(19)43-25)33-26-18(30)14-32-29(36-26)35-20-13-21-16(11-23(20)42-2)7-10-38(21)24(39)15-37/h5-6,11-14,25H,3-4,7-10,15H2,1-2H3,(H,31,40)(H,34,41)(H2,32,33,35,36). The van der Waals surface area contributed by atoms with Crippen molar-refractivity contribution >= 4 is 52.2 Å². The van der Waals surface area contributed by atoms with E-state index in [9.17, 15) is 18.8 Å². The van der Waals surface area contributed by atoms with Crippen LogP contribution in [0.3, 0.4) is 0 Å². The van der Waals surface area contributed by atoms with E-state index in [1.165, 1.54) is 0 Å². The maximum atomic E-state index is 14.8. The number of amides is 3. The molecule has 5 aliphatic rings. The number of ether oxygens (including phenoxy) is 2. The largest absolute Gasteiger partial charge is 0.495 e. The number of likely N-dealkylation sites (N-methyl/N-ethyl adjacent to an activating group) is 1. The molecule has 0 radical (unpaired) electrons. The topological polar surface area (TPSA) is 150 Å². The zero-order chi connectivity index (χ0) is 30.1. The lowest BCUT2D eigenvalue weighted by atomic mass is 10.1. The quantitative estimate of drug-likeness (QED) is 0.312. The van der Waals surface area contributed by atoms with Gasteiger partial charge in [0.1, 0.15) is 11.5 Å². The SMILES string of the molecule is COc1cc2c3cc1Nc1ncc(F)c(n1)Nc1ccc4c(c1)NC(=O)C(O4)C(=O)NCCCCN(C)CC(=O)N3CC2. The number of anilines is 6. The monoisotopic (exact) mass is 590 g/mol. The maximum Gasteiger partial charge on any atom is 0.275 e. The van der Waals surface area contributed by atoms with E-state index in [4.69, 9.17) is 9.47 Å². The summed E-state index contributed by atoms with van der Waals surface area (Å²) in [6, 6.07) is 8.44. The summed E-state index contributed by atoms with van der Waals surface area (Å²) in [6.45, 7) is 1.76. The van der Waals surface area contributed by atoms with Crippen molar-refractivity contribution in [2.75, 3.05) is 61.2 Å². The highest BCUT2D eigenvalue weighted by atomic mass is 19.1. The highest BCUT2D eigenvalue weighted by Gasteiger charge is 2.34. The Morgan fingerprint density at radius 2 is 1.88 bits per heavy atom. The smallest absolute Gasteiger partial charge is 0.275 e. The van der Waals surface area contributed by atoms with Gasteiger partial charge in [-0.3, -0.25) is 19.3 Å². The molecular formula is C29H31FN8O5. The number of methoxy groups -OCH3 is 1. The number of hydrogen-bond acceptors (Lipinski definition) is 10. The van der Waals surface area contributed by atoms with Crippen molar-refractivity contribution in [1.29, 1.82) is 0 Å². The lowest BCUT2D eigenvalue weighted by molar-refractivity contribution is -0.137. The molecule has 0 aliphatic carbocycles. The molecule has 6 heterocycles. The molecule has 0 saturated heterocycles. The van der Waals surface area contributed by atoms with Crippen LogP contribution in [-0.2, 0) is 20.8 Å². The van der Waals surface area contributed by atoms with Crippen LogP contribution < -0.4 is 35.6 Å². The molecule has 1 unspecified atom stereocenters. The van der Waals surface area contributed by atoms with Crippen LogP contribution in [0.4, 0.5) is 38.9 Å². The molecule has 43 heavy (non-hydrogen) atoms. The van der Waals surface area contributed by atoms with Gasteiger partial charge in [-0.25, -0.2) is 9.37 Å². The normalized spacial score (nSPS) is 19.1. The van der Waals surface area contributed by atoms with Crippen molar-refractivity contribution in [3.8, 4) is 11.5 Å². The average molecular weight is 591 g/mol. The van der Waals surface area contributed by atoms with Crippen LogP contribution in [0.2, 0.25) is 0 Å². The van der Waals surface area contributed by atoms with Crippen LogP contribution in [0.1, 0.15) is 18.4 Å². The molecule has 13 nitrogen and oxygen atoms in total. The predicted molar refractivity (Wildman–Crippen MR) is 157 cm³/mol. The first-order valence-electron chi connectivity index (χ1n) is 13.9. The summed E-state index contributed by atoms with van der Waals surface area (Å²) in [5.74, 6) is -1.10. The van der Waals surface area contributed by atoms with Gasteiger partial charge in [0, 0.05) is 24.5 Å². The fourth-order valence-electron chi connectivity index (χ4n) is 5.28. The van der Waals surface area contributed by atoms with Gasteiger partial charge in [0.2, 0.25) is 11.9 Å². The zero-order valence-electron chi connectivity index (χ0n) is 23.7. The van der Waals surface area contributed by atoms with Gasteiger partial charge in [-0.05, 0) is 68.8 Å². The summed E-state index contributed by atoms with van der Waals surface area (Å²) in [5, 5.41) is 11.4. The average Bonchev–Trinajstić information content (AvgIpc) is 3.40. The molecule has 3 amide bonds. The fourth-order valence-corrected chi connectivity index (χ4v) is 5.28. The van der Waals surface area contributed by atoms with Gasteiger partial charge in [-0.1, -0.05) is 0 Å². The molecule has 1 atom stereocenters. The minimum atomic E-state index is -1.34. The van der Waals surface area contributed by atoms with Gasteiger partial charge in [0.25, 0.3) is 17.9 Å². The highest BCUT2D eigenvalue weighted by molar-refractivity contribution is 6.11. The third kappa shape index (κ3) is 5.86. The Balaban J connectivity index is 1.33. The number of nitrogens with zero attached hydrogens (tertiary/aromatic N) is 4. The minimum absolute atomic E-state index is 0.0461. The molecule has 224 valence electrons. The number of halogens is 1. The molecule has 0 fully saturated rings. The van der Waals surface area contributed by atoms with E-state index in [2.05, 4.69) is 31.2 Å². The van der Waals surface area contributed by atoms with E-state index in [0.29, 0.717) is 61.0 Å². The Bertz CT molecular complexity index is 1600. The second-order valence-electron chi connectivity index (χ2n) is 10.6. The number of carbonyl (C=O) groups is 3. The van der Waals surface area contributed by atoms with Gasteiger partial charge in [-0.15, -0.1) is 0 Å². The Hall–Kier alpha value is -4.98. The van der Waals surface area contributed by atoms with E-state index < -0.39 is 23.7 Å². The maximum absolute atomic E-state index is 14.8. The van der Waals surface area contributed by atoms with Crippen molar-refractivity contribution < 1.29 is 28.2 Å². The van der Waals surface area contributed by atoms with Crippen LogP contribution in [-0.4, -0.2) is 79.0 Å². The molecule has 5 aliphatic heterocycles. The molecule has 2 aromatic carbocycles. The van der Waals surface area contributed by atoms with Gasteiger partial charge < -0.3 is 35.6 Å². The molecule has 3 aromatic rings. The van der Waals surface area contributed by atoms with Crippen molar-refractivity contribution in [3.63, 3.8) is 0 Å². The molecule has 14 heteroatoms. The van der Waals surface area contributed by atoms with Crippen LogP contribution in [0.15, 0.2) is 36.5 Å². The number of carbonyl (C=O) groups excluding carboxylic acids is 3. The Labute approximate surface area is 246 Å². The molecule has 0 saturated carbocycles. The van der Waals surface area contributed by atoms with Gasteiger partial charge >= 0.3 is 0 Å². The molecule has 0 spiro atoms. The van der Waals surface area contributed by atoms with E-state index in [1.807, 2.05) is 24.1 Å². The lowest BCUT2D eigenvalue weighted by Gasteiger charge is -2.25. The molecule has 8 rings (SSSR count). The Kier molecular flexibility index (Phi) is 7.67. The number of nitrogens with one attached hydrogen (secondary N) is 4. The zero-order valence-corrected chi connectivity index (χ0v) is 23.7. The van der Waals surface area contributed by atoms with Crippen LogP contribution >= 0.6 is 0 Å². The number of benzene rings is 2. The van der Waals surface area contributed by atoms with Crippen molar-refractivity contribution in [2.45, 2.75) is 25.4 Å². The second-order valence-corrected chi connectivity index (χ2v) is 10.6. The summed E-state index contributed by atoms with van der Waals surface area (Å²) in [4.78, 5) is 50.7. The van der Waals surface area contributed by atoms with Crippen LogP contribution in [0.5, 0.6) is 11.5 Å². The highest BCUT2D eigenvalue weighted by Crippen LogP contribution is 2.39. The Morgan fingerprint density at radius 3 is 2.72 bits per heavy atom. The van der Waals surface area contributed by atoms with E-state index in [1.54, 1.807) is 30.2 Å². The number of rotatable bonds is 1. The molecular weight excluding hydrogens is 559 g/mol. The first kappa shape index (κ1) is 28.2. The first-order chi connectivity index (χ1) is 20.8. The number of fused-ring (bicyclic) bond motifs is 2. The lowest BCUT2D eigenvalue weighted by Crippen LogP contribution is -2.48. The number of hydrogen-bond donors (Lipinski definition) is 4. The fraction of sp³-hybridized carbons (Fsp3) is 0.345. The third-order valence-corrected chi connectivity index (χ3v) is 7.48. The minimum Gasteiger partial charge on any atom is -0.495 e. The van der Waals surface area contributed by atoms with Crippen LogP contribution in [0, 0.1) is 5.82 Å². The van der Waals surface area contributed by atoms with Crippen molar-refractivity contribution in [3.05, 3.63) is 47.9 Å². The molecule has 8 bridgehead atoms. The van der Waals surface area contributed by atoms with Crippen molar-refractivity contribution in [2.24, 2.45) is 0 Å². The van der Waals surface area contributed by atoms with E-state index >= 15 is 0 Å².